The molecule has 1 heterocycles. The normalized spacial score (nSPS) is 11.8. The molecule has 0 amide bonds. The lowest BCUT2D eigenvalue weighted by Crippen LogP contribution is -2.28. The average molecular weight is 295 g/mol. The van der Waals surface area contributed by atoms with Gasteiger partial charge in [0, 0.05) is 26.0 Å². The van der Waals surface area contributed by atoms with Gasteiger partial charge in [0.25, 0.3) is 6.43 Å². The zero-order valence-corrected chi connectivity index (χ0v) is 11.1. The predicted octanol–water partition coefficient (Wildman–Crippen LogP) is 0.683. The summed E-state index contributed by atoms with van der Waals surface area (Å²) in [6.07, 6.45) is 0.0935. The van der Waals surface area contributed by atoms with Crippen molar-refractivity contribution in [1.29, 1.82) is 0 Å². The Kier molecular flexibility index (Phi) is 6.06. The van der Waals surface area contributed by atoms with Crippen LogP contribution in [0.1, 0.15) is 0 Å². The van der Waals surface area contributed by atoms with Crippen LogP contribution in [0.5, 0.6) is 0 Å². The van der Waals surface area contributed by atoms with Gasteiger partial charge >= 0.3 is 0 Å². The first-order chi connectivity index (χ1) is 8.97. The molecule has 108 valence electrons. The van der Waals surface area contributed by atoms with Gasteiger partial charge in [-0.25, -0.2) is 21.9 Å². The zero-order chi connectivity index (χ0) is 14.3. The number of pyridine rings is 1. The van der Waals surface area contributed by atoms with Crippen LogP contribution in [0.25, 0.3) is 0 Å². The Hall–Kier alpha value is -1.32. The molecule has 0 saturated carbocycles. The third-order valence-electron chi connectivity index (χ3n) is 2.13. The molecule has 0 aliphatic heterocycles. The van der Waals surface area contributed by atoms with Gasteiger partial charge in [0.05, 0.1) is 12.3 Å². The number of nitrogens with zero attached hydrogens (tertiary/aromatic N) is 1. The van der Waals surface area contributed by atoms with Crippen LogP contribution in [-0.4, -0.2) is 46.6 Å². The molecule has 19 heavy (non-hydrogen) atoms. The maximum Gasteiger partial charge on any atom is 0.261 e. The number of rotatable bonds is 8. The predicted molar refractivity (Wildman–Crippen MR) is 65.8 cm³/mol. The van der Waals surface area contributed by atoms with E-state index in [0.717, 1.165) is 0 Å². The Morgan fingerprint density at radius 1 is 1.47 bits per heavy atom. The minimum Gasteiger partial charge on any atom is -0.387 e. The van der Waals surface area contributed by atoms with Crippen molar-refractivity contribution in [2.45, 2.75) is 11.3 Å². The Bertz CT molecular complexity index is 497. The van der Waals surface area contributed by atoms with Crippen LogP contribution in [0, 0.1) is 0 Å². The van der Waals surface area contributed by atoms with Crippen LogP contribution in [0.4, 0.5) is 14.5 Å². The van der Waals surface area contributed by atoms with E-state index in [2.05, 4.69) is 19.8 Å². The van der Waals surface area contributed by atoms with Gasteiger partial charge in [-0.15, -0.1) is 0 Å². The van der Waals surface area contributed by atoms with Crippen molar-refractivity contribution in [3.63, 3.8) is 0 Å². The number of hydrogen-bond donors (Lipinski definition) is 2. The molecule has 0 saturated heterocycles. The van der Waals surface area contributed by atoms with E-state index in [9.17, 15) is 17.2 Å². The van der Waals surface area contributed by atoms with Crippen molar-refractivity contribution in [2.24, 2.45) is 0 Å². The summed E-state index contributed by atoms with van der Waals surface area (Å²) < 4.78 is 54.2. The number of hydrogen-bond acceptors (Lipinski definition) is 5. The fourth-order valence-electron chi connectivity index (χ4n) is 1.30. The van der Waals surface area contributed by atoms with Gasteiger partial charge in [-0.1, -0.05) is 0 Å². The second-order valence-electron chi connectivity index (χ2n) is 3.49. The Morgan fingerprint density at radius 2 is 2.21 bits per heavy atom. The van der Waals surface area contributed by atoms with E-state index in [-0.39, 0.29) is 18.0 Å². The molecule has 6 nitrogen and oxygen atoms in total. The van der Waals surface area contributed by atoms with Crippen LogP contribution >= 0.6 is 0 Å². The van der Waals surface area contributed by atoms with E-state index in [1.54, 1.807) is 7.05 Å². The summed E-state index contributed by atoms with van der Waals surface area (Å²) in [7, 11) is -2.16. The summed E-state index contributed by atoms with van der Waals surface area (Å²) in [5.41, 5.74) is 0.399. The van der Waals surface area contributed by atoms with Gasteiger partial charge in [-0.3, -0.25) is 4.98 Å². The van der Waals surface area contributed by atoms with Crippen LogP contribution in [0.15, 0.2) is 23.4 Å². The molecular weight excluding hydrogens is 280 g/mol. The highest BCUT2D eigenvalue weighted by molar-refractivity contribution is 7.89. The Balaban J connectivity index is 2.56. The first kappa shape index (κ1) is 15.7. The number of halogens is 2. The number of anilines is 1. The van der Waals surface area contributed by atoms with E-state index in [0.29, 0.717) is 5.69 Å². The van der Waals surface area contributed by atoms with Crippen molar-refractivity contribution in [3.05, 3.63) is 18.5 Å². The van der Waals surface area contributed by atoms with E-state index >= 15 is 0 Å². The molecule has 0 bridgehead atoms. The summed E-state index contributed by atoms with van der Waals surface area (Å²) in [6.45, 7) is -0.928. The summed E-state index contributed by atoms with van der Waals surface area (Å²) in [5.74, 6) is 0. The molecule has 0 radical (unpaired) electrons. The summed E-state index contributed by atoms with van der Waals surface area (Å²) in [6, 6.07) is 1.52. The van der Waals surface area contributed by atoms with Crippen molar-refractivity contribution in [3.8, 4) is 0 Å². The summed E-state index contributed by atoms with van der Waals surface area (Å²) in [4.78, 5) is 3.73. The Morgan fingerprint density at radius 3 is 2.84 bits per heavy atom. The SMILES string of the molecule is CNc1ccncc1S(=O)(=O)NCCOCC(F)F. The number of aromatic nitrogens is 1. The molecule has 0 spiro atoms. The zero-order valence-electron chi connectivity index (χ0n) is 10.3. The molecule has 0 unspecified atom stereocenters. The highest BCUT2D eigenvalue weighted by atomic mass is 32.2. The molecule has 0 aromatic carbocycles. The molecule has 0 fully saturated rings. The quantitative estimate of drug-likeness (QED) is 0.690. The standard InChI is InChI=1S/C10H15F2N3O3S/c1-13-8-2-3-14-6-9(8)19(16,17)15-4-5-18-7-10(11)12/h2-3,6,10,15H,4-5,7H2,1H3,(H,13,14). The van der Waals surface area contributed by atoms with Gasteiger partial charge in [-0.05, 0) is 6.07 Å². The van der Waals surface area contributed by atoms with Gasteiger partial charge in [-0.2, -0.15) is 0 Å². The molecule has 0 aliphatic rings. The van der Waals surface area contributed by atoms with E-state index in [1.807, 2.05) is 0 Å². The maximum absolute atomic E-state index is 11.9. The van der Waals surface area contributed by atoms with Crippen molar-refractivity contribution >= 4 is 15.7 Å². The largest absolute Gasteiger partial charge is 0.387 e. The van der Waals surface area contributed by atoms with E-state index < -0.39 is 23.1 Å². The maximum atomic E-state index is 11.9. The monoisotopic (exact) mass is 295 g/mol. The number of sulfonamides is 1. The average Bonchev–Trinajstić information content (AvgIpc) is 2.37. The van der Waals surface area contributed by atoms with Crippen LogP contribution < -0.4 is 10.0 Å². The fourth-order valence-corrected chi connectivity index (χ4v) is 2.47. The third-order valence-corrected chi connectivity index (χ3v) is 3.61. The molecule has 0 atom stereocenters. The molecule has 2 N–H and O–H groups in total. The van der Waals surface area contributed by atoms with E-state index in [4.69, 9.17) is 0 Å². The lowest BCUT2D eigenvalue weighted by atomic mass is 10.4. The molecule has 0 aliphatic carbocycles. The molecule has 1 aromatic rings. The van der Waals surface area contributed by atoms with Crippen LogP contribution in [-0.2, 0) is 14.8 Å². The molecule has 1 aromatic heterocycles. The first-order valence-corrected chi connectivity index (χ1v) is 6.93. The van der Waals surface area contributed by atoms with Crippen LogP contribution in [0.2, 0.25) is 0 Å². The lowest BCUT2D eigenvalue weighted by Gasteiger charge is -2.10. The fraction of sp³-hybridized carbons (Fsp3) is 0.500. The third kappa shape index (κ3) is 5.05. The molecule has 1 rings (SSSR count). The lowest BCUT2D eigenvalue weighted by molar-refractivity contribution is 0.0199. The minimum atomic E-state index is -3.75. The highest BCUT2D eigenvalue weighted by Crippen LogP contribution is 2.18. The van der Waals surface area contributed by atoms with Crippen molar-refractivity contribution < 1.29 is 21.9 Å². The van der Waals surface area contributed by atoms with Gasteiger partial charge in [0.2, 0.25) is 10.0 Å². The summed E-state index contributed by atoms with van der Waals surface area (Å²) in [5, 5.41) is 2.73. The van der Waals surface area contributed by atoms with Gasteiger partial charge in [0.1, 0.15) is 11.5 Å². The van der Waals surface area contributed by atoms with Crippen LogP contribution in [0.3, 0.4) is 0 Å². The highest BCUT2D eigenvalue weighted by Gasteiger charge is 2.17. The molecular formula is C10H15F2N3O3S. The van der Waals surface area contributed by atoms with Crippen molar-refractivity contribution in [1.82, 2.24) is 9.71 Å². The minimum absolute atomic E-state index is 0.00800. The number of nitrogens with one attached hydrogen (secondary N) is 2. The molecule has 9 heteroatoms. The topological polar surface area (TPSA) is 80.3 Å². The van der Waals surface area contributed by atoms with Gasteiger partial charge < -0.3 is 10.1 Å². The van der Waals surface area contributed by atoms with Crippen molar-refractivity contribution in [2.75, 3.05) is 32.1 Å². The summed E-state index contributed by atoms with van der Waals surface area (Å²) >= 11 is 0. The van der Waals surface area contributed by atoms with E-state index in [1.165, 1.54) is 18.5 Å². The Labute approximate surface area is 110 Å². The number of alkyl halides is 2. The van der Waals surface area contributed by atoms with Gasteiger partial charge in [0.15, 0.2) is 0 Å². The second kappa shape index (κ2) is 7.31. The second-order valence-corrected chi connectivity index (χ2v) is 5.22. The first-order valence-electron chi connectivity index (χ1n) is 5.44. The smallest absolute Gasteiger partial charge is 0.261 e. The number of ether oxygens (including phenoxy) is 1.